The van der Waals surface area contributed by atoms with Gasteiger partial charge in [-0.15, -0.1) is 11.3 Å². The molecule has 0 saturated heterocycles. The summed E-state index contributed by atoms with van der Waals surface area (Å²) in [6, 6.07) is 9.48. The molecular weight excluding hydrogens is 308 g/mol. The number of amides is 1. The van der Waals surface area contributed by atoms with E-state index in [0.717, 1.165) is 26.4 Å². The Bertz CT molecular complexity index is 982. The Morgan fingerprint density at radius 1 is 1.35 bits per heavy atom. The van der Waals surface area contributed by atoms with E-state index in [1.807, 2.05) is 36.5 Å². The second-order valence-electron chi connectivity index (χ2n) is 5.32. The number of hydrogen-bond acceptors (Lipinski definition) is 3. The SMILES string of the molecule is C=Cc1cc2c(=O)n(C)cc(-c3cccc(NC(C)=O)c3)c2s1. The van der Waals surface area contributed by atoms with Crippen molar-refractivity contribution in [3.63, 3.8) is 0 Å². The fraction of sp³-hybridized carbons (Fsp3) is 0.111. The topological polar surface area (TPSA) is 51.1 Å². The third-order valence-electron chi connectivity index (χ3n) is 3.56. The van der Waals surface area contributed by atoms with Gasteiger partial charge in [0.1, 0.15) is 0 Å². The molecule has 2 aromatic heterocycles. The van der Waals surface area contributed by atoms with Crippen LogP contribution in [0.5, 0.6) is 0 Å². The van der Waals surface area contributed by atoms with Crippen molar-refractivity contribution in [1.82, 2.24) is 4.57 Å². The number of nitrogens with zero attached hydrogens (tertiary/aromatic N) is 1. The lowest BCUT2D eigenvalue weighted by molar-refractivity contribution is -0.114. The van der Waals surface area contributed by atoms with Crippen LogP contribution < -0.4 is 10.9 Å². The number of carbonyl (C=O) groups is 1. The molecule has 0 bridgehead atoms. The Morgan fingerprint density at radius 3 is 2.83 bits per heavy atom. The number of nitrogens with one attached hydrogen (secondary N) is 1. The Hall–Kier alpha value is -2.66. The van der Waals surface area contributed by atoms with E-state index in [1.54, 1.807) is 29.0 Å². The van der Waals surface area contributed by atoms with Crippen molar-refractivity contribution >= 4 is 39.1 Å². The van der Waals surface area contributed by atoms with Gasteiger partial charge in [-0.05, 0) is 23.8 Å². The quantitative estimate of drug-likeness (QED) is 0.795. The maximum Gasteiger partial charge on any atom is 0.259 e. The number of aryl methyl sites for hydroxylation is 1. The van der Waals surface area contributed by atoms with Crippen molar-refractivity contribution in [2.24, 2.45) is 7.05 Å². The van der Waals surface area contributed by atoms with Crippen molar-refractivity contribution in [2.45, 2.75) is 6.92 Å². The smallest absolute Gasteiger partial charge is 0.259 e. The number of anilines is 1. The number of benzene rings is 1. The second kappa shape index (κ2) is 5.85. The fourth-order valence-corrected chi connectivity index (χ4v) is 3.58. The summed E-state index contributed by atoms with van der Waals surface area (Å²) in [5.41, 5.74) is 2.63. The first-order valence-corrected chi connectivity index (χ1v) is 7.95. The lowest BCUT2D eigenvalue weighted by atomic mass is 10.1. The molecule has 0 unspecified atom stereocenters. The highest BCUT2D eigenvalue weighted by atomic mass is 32.1. The van der Waals surface area contributed by atoms with Gasteiger partial charge in [0, 0.05) is 41.0 Å². The van der Waals surface area contributed by atoms with Gasteiger partial charge in [-0.25, -0.2) is 0 Å². The molecule has 5 heteroatoms. The van der Waals surface area contributed by atoms with E-state index in [2.05, 4.69) is 11.9 Å². The molecule has 1 N–H and O–H groups in total. The molecule has 1 aromatic carbocycles. The number of thiophene rings is 1. The highest BCUT2D eigenvalue weighted by molar-refractivity contribution is 7.20. The van der Waals surface area contributed by atoms with Crippen LogP contribution in [0.2, 0.25) is 0 Å². The molecule has 0 saturated carbocycles. The molecule has 23 heavy (non-hydrogen) atoms. The van der Waals surface area contributed by atoms with Crippen molar-refractivity contribution in [3.05, 3.63) is 58.3 Å². The Morgan fingerprint density at radius 2 is 2.13 bits per heavy atom. The standard InChI is InChI=1S/C18H16N2O2S/c1-4-14-9-15-17(23-14)16(10-20(3)18(15)22)12-6-5-7-13(8-12)19-11(2)21/h4-10H,1H2,2-3H3,(H,19,21). The van der Waals surface area contributed by atoms with Crippen molar-refractivity contribution in [2.75, 3.05) is 5.32 Å². The van der Waals surface area contributed by atoms with Crippen molar-refractivity contribution in [3.8, 4) is 11.1 Å². The van der Waals surface area contributed by atoms with Crippen LogP contribution in [0.4, 0.5) is 5.69 Å². The zero-order chi connectivity index (χ0) is 16.6. The van der Waals surface area contributed by atoms with Gasteiger partial charge in [0.05, 0.1) is 5.39 Å². The molecule has 0 fully saturated rings. The summed E-state index contributed by atoms with van der Waals surface area (Å²) in [6.45, 7) is 5.26. The molecule has 3 aromatic rings. The van der Waals surface area contributed by atoms with Gasteiger partial charge in [-0.3, -0.25) is 9.59 Å². The third kappa shape index (κ3) is 2.83. The van der Waals surface area contributed by atoms with Crippen molar-refractivity contribution in [1.29, 1.82) is 0 Å². The van der Waals surface area contributed by atoms with E-state index < -0.39 is 0 Å². The number of carbonyl (C=O) groups excluding carboxylic acids is 1. The van der Waals surface area contributed by atoms with E-state index in [4.69, 9.17) is 0 Å². The third-order valence-corrected chi connectivity index (χ3v) is 4.73. The number of fused-ring (bicyclic) bond motifs is 1. The van der Waals surface area contributed by atoms with Gasteiger partial charge < -0.3 is 9.88 Å². The van der Waals surface area contributed by atoms with Crippen molar-refractivity contribution < 1.29 is 4.79 Å². The second-order valence-corrected chi connectivity index (χ2v) is 6.40. The van der Waals surface area contributed by atoms with E-state index in [9.17, 15) is 9.59 Å². The minimum atomic E-state index is -0.113. The molecule has 0 aliphatic heterocycles. The molecular formula is C18H16N2O2S. The maximum absolute atomic E-state index is 12.3. The first-order chi connectivity index (χ1) is 11.0. The number of pyridine rings is 1. The van der Waals surface area contributed by atoms with Crippen LogP contribution in [0.3, 0.4) is 0 Å². The molecule has 2 heterocycles. The minimum Gasteiger partial charge on any atom is -0.326 e. The summed E-state index contributed by atoms with van der Waals surface area (Å²) in [6.07, 6.45) is 3.59. The average Bonchev–Trinajstić information content (AvgIpc) is 2.95. The first kappa shape index (κ1) is 15.2. The van der Waals surface area contributed by atoms with Gasteiger partial charge in [-0.1, -0.05) is 24.8 Å². The molecule has 1 amide bonds. The van der Waals surface area contributed by atoms with Gasteiger partial charge in [0.2, 0.25) is 5.91 Å². The summed E-state index contributed by atoms with van der Waals surface area (Å²) in [5.74, 6) is -0.113. The molecule has 0 spiro atoms. The molecule has 4 nitrogen and oxygen atoms in total. The minimum absolute atomic E-state index is 0.0221. The predicted molar refractivity (Wildman–Crippen MR) is 96.9 cm³/mol. The van der Waals surface area contributed by atoms with Crippen LogP contribution in [-0.2, 0) is 11.8 Å². The highest BCUT2D eigenvalue weighted by Crippen LogP contribution is 2.34. The zero-order valence-electron chi connectivity index (χ0n) is 12.9. The highest BCUT2D eigenvalue weighted by Gasteiger charge is 2.12. The molecule has 0 atom stereocenters. The van der Waals surface area contributed by atoms with E-state index in [0.29, 0.717) is 5.39 Å². The number of aromatic nitrogens is 1. The Kier molecular flexibility index (Phi) is 3.88. The monoisotopic (exact) mass is 324 g/mol. The van der Waals surface area contributed by atoms with Gasteiger partial charge in [-0.2, -0.15) is 0 Å². The van der Waals surface area contributed by atoms with Crippen LogP contribution in [0.1, 0.15) is 11.8 Å². The molecule has 116 valence electrons. The van der Waals surface area contributed by atoms with Crippen LogP contribution in [-0.4, -0.2) is 10.5 Å². The summed E-state index contributed by atoms with van der Waals surface area (Å²) < 4.78 is 2.52. The van der Waals surface area contributed by atoms with Gasteiger partial charge >= 0.3 is 0 Å². The normalized spacial score (nSPS) is 10.7. The van der Waals surface area contributed by atoms with Crippen LogP contribution in [0, 0.1) is 0 Å². The van der Waals surface area contributed by atoms with Crippen LogP contribution >= 0.6 is 11.3 Å². The lowest BCUT2D eigenvalue weighted by Crippen LogP contribution is -2.15. The lowest BCUT2D eigenvalue weighted by Gasteiger charge is -2.09. The largest absolute Gasteiger partial charge is 0.326 e. The van der Waals surface area contributed by atoms with Gasteiger partial charge in [0.15, 0.2) is 0 Å². The first-order valence-electron chi connectivity index (χ1n) is 7.13. The maximum atomic E-state index is 12.3. The molecule has 3 rings (SSSR count). The van der Waals surface area contributed by atoms with E-state index >= 15 is 0 Å². The van der Waals surface area contributed by atoms with Crippen LogP contribution in [0.15, 0.2) is 47.9 Å². The molecule has 0 radical (unpaired) electrons. The van der Waals surface area contributed by atoms with E-state index in [-0.39, 0.29) is 11.5 Å². The Balaban J connectivity index is 2.25. The summed E-state index contributed by atoms with van der Waals surface area (Å²) in [4.78, 5) is 24.5. The zero-order valence-corrected chi connectivity index (χ0v) is 13.7. The summed E-state index contributed by atoms with van der Waals surface area (Å²) in [7, 11) is 1.74. The van der Waals surface area contributed by atoms with E-state index in [1.165, 1.54) is 6.92 Å². The number of hydrogen-bond donors (Lipinski definition) is 1. The fourth-order valence-electron chi connectivity index (χ4n) is 2.54. The van der Waals surface area contributed by atoms with Crippen LogP contribution in [0.25, 0.3) is 27.3 Å². The number of rotatable bonds is 3. The average molecular weight is 324 g/mol. The summed E-state index contributed by atoms with van der Waals surface area (Å²) in [5, 5.41) is 3.47. The predicted octanol–water partition coefficient (Wildman–Crippen LogP) is 3.87. The summed E-state index contributed by atoms with van der Waals surface area (Å²) >= 11 is 1.54. The Labute approximate surface area is 137 Å². The molecule has 0 aliphatic rings. The van der Waals surface area contributed by atoms with Gasteiger partial charge in [0.25, 0.3) is 5.56 Å². The molecule has 0 aliphatic carbocycles.